The summed E-state index contributed by atoms with van der Waals surface area (Å²) in [6.45, 7) is 6.35. The van der Waals surface area contributed by atoms with Crippen LogP contribution in [0.25, 0.3) is 10.8 Å². The molecule has 0 N–H and O–H groups in total. The summed E-state index contributed by atoms with van der Waals surface area (Å²) in [5, 5.41) is 2.60. The smallest absolute Gasteiger partial charge is 0.272 e. The Kier molecular flexibility index (Phi) is 8.08. The van der Waals surface area contributed by atoms with Crippen LogP contribution in [0.1, 0.15) is 21.6 Å². The van der Waals surface area contributed by atoms with Crippen LogP contribution in [0, 0.1) is 0 Å². The van der Waals surface area contributed by atoms with Gasteiger partial charge in [0, 0.05) is 52.0 Å². The summed E-state index contributed by atoms with van der Waals surface area (Å²) in [7, 11) is 2.16. The quantitative estimate of drug-likeness (QED) is 0.338. The van der Waals surface area contributed by atoms with Gasteiger partial charge < -0.3 is 9.64 Å². The molecule has 0 atom stereocenters. The van der Waals surface area contributed by atoms with Crippen molar-refractivity contribution in [2.75, 3.05) is 46.4 Å². The standard InChI is InChI=1S/C31H34N4O2/c1-33(24-27-11-7-10-26-9-2-3-13-29(26)27)23-25-8-6-12-28(22-25)37-21-20-34-16-18-35(19-17-34)31(36)30-14-4-5-15-32-30/h2-15,22H,16-21,23-24H2,1H3. The summed E-state index contributed by atoms with van der Waals surface area (Å²) >= 11 is 0. The SMILES string of the molecule is CN(Cc1cccc(OCCN2CCN(C(=O)c3ccccn3)CC2)c1)Cc1cccc2ccccc12. The van der Waals surface area contributed by atoms with Crippen LogP contribution < -0.4 is 4.74 Å². The first-order valence-electron chi connectivity index (χ1n) is 13.0. The van der Waals surface area contributed by atoms with Gasteiger partial charge in [-0.15, -0.1) is 0 Å². The van der Waals surface area contributed by atoms with Gasteiger partial charge in [0.05, 0.1) is 0 Å². The van der Waals surface area contributed by atoms with E-state index in [-0.39, 0.29) is 5.91 Å². The topological polar surface area (TPSA) is 48.9 Å². The summed E-state index contributed by atoms with van der Waals surface area (Å²) in [5.74, 6) is 0.916. The summed E-state index contributed by atoms with van der Waals surface area (Å²) in [4.78, 5) is 23.4. The number of carbonyl (C=O) groups excluding carboxylic acids is 1. The molecule has 5 rings (SSSR count). The molecule has 1 aliphatic heterocycles. The fourth-order valence-corrected chi connectivity index (χ4v) is 4.94. The predicted octanol–water partition coefficient (Wildman–Crippen LogP) is 4.70. The molecule has 1 saturated heterocycles. The normalized spacial score (nSPS) is 14.3. The monoisotopic (exact) mass is 494 g/mol. The lowest BCUT2D eigenvalue weighted by Crippen LogP contribution is -2.49. The van der Waals surface area contributed by atoms with Gasteiger partial charge in [0.15, 0.2) is 0 Å². The van der Waals surface area contributed by atoms with Crippen LogP contribution in [0.3, 0.4) is 0 Å². The number of pyridine rings is 1. The van der Waals surface area contributed by atoms with Gasteiger partial charge in [0.25, 0.3) is 5.91 Å². The van der Waals surface area contributed by atoms with Crippen LogP contribution in [0.5, 0.6) is 5.75 Å². The van der Waals surface area contributed by atoms with Crippen molar-refractivity contribution in [3.05, 3.63) is 108 Å². The van der Waals surface area contributed by atoms with Crippen molar-refractivity contribution in [3.63, 3.8) is 0 Å². The maximum absolute atomic E-state index is 12.6. The first-order valence-corrected chi connectivity index (χ1v) is 13.0. The average Bonchev–Trinajstić information content (AvgIpc) is 2.94. The molecule has 0 spiro atoms. The maximum atomic E-state index is 12.6. The van der Waals surface area contributed by atoms with Crippen molar-refractivity contribution in [1.82, 2.24) is 19.7 Å². The maximum Gasteiger partial charge on any atom is 0.272 e. The van der Waals surface area contributed by atoms with Gasteiger partial charge in [-0.3, -0.25) is 19.6 Å². The van der Waals surface area contributed by atoms with Gasteiger partial charge in [0.1, 0.15) is 18.1 Å². The highest BCUT2D eigenvalue weighted by Crippen LogP contribution is 2.21. The van der Waals surface area contributed by atoms with Crippen LogP contribution in [-0.2, 0) is 13.1 Å². The molecular formula is C31H34N4O2. The van der Waals surface area contributed by atoms with Crippen molar-refractivity contribution in [2.24, 2.45) is 0 Å². The van der Waals surface area contributed by atoms with Crippen LogP contribution in [0.4, 0.5) is 0 Å². The third-order valence-electron chi connectivity index (χ3n) is 6.89. The molecular weight excluding hydrogens is 460 g/mol. The van der Waals surface area contributed by atoms with Gasteiger partial charge in [-0.2, -0.15) is 0 Å². The molecule has 0 aliphatic carbocycles. The number of hydrogen-bond donors (Lipinski definition) is 0. The van der Waals surface area contributed by atoms with E-state index in [4.69, 9.17) is 4.74 Å². The van der Waals surface area contributed by atoms with Crippen LogP contribution in [-0.4, -0.2) is 72.0 Å². The first kappa shape index (κ1) is 24.9. The zero-order valence-corrected chi connectivity index (χ0v) is 21.4. The molecule has 37 heavy (non-hydrogen) atoms. The molecule has 3 aromatic carbocycles. The lowest BCUT2D eigenvalue weighted by Gasteiger charge is -2.34. The van der Waals surface area contributed by atoms with Crippen molar-refractivity contribution >= 4 is 16.7 Å². The molecule has 1 aromatic heterocycles. The number of nitrogens with zero attached hydrogens (tertiary/aromatic N) is 4. The van der Waals surface area contributed by atoms with E-state index in [1.807, 2.05) is 23.1 Å². The third kappa shape index (κ3) is 6.53. The molecule has 6 nitrogen and oxygen atoms in total. The van der Waals surface area contributed by atoms with Crippen molar-refractivity contribution in [1.29, 1.82) is 0 Å². The lowest BCUT2D eigenvalue weighted by atomic mass is 10.0. The zero-order valence-electron chi connectivity index (χ0n) is 21.4. The minimum absolute atomic E-state index is 0.0127. The fourth-order valence-electron chi connectivity index (χ4n) is 4.94. The number of carbonyl (C=O) groups is 1. The van der Waals surface area contributed by atoms with E-state index in [0.29, 0.717) is 25.4 Å². The van der Waals surface area contributed by atoms with Crippen molar-refractivity contribution < 1.29 is 9.53 Å². The minimum atomic E-state index is 0.0127. The summed E-state index contributed by atoms with van der Waals surface area (Å²) in [6.07, 6.45) is 1.67. The molecule has 0 radical (unpaired) electrons. The largest absolute Gasteiger partial charge is 0.492 e. The van der Waals surface area contributed by atoms with E-state index in [1.54, 1.807) is 12.3 Å². The molecule has 2 heterocycles. The van der Waals surface area contributed by atoms with E-state index in [2.05, 4.69) is 82.5 Å². The van der Waals surface area contributed by atoms with E-state index in [0.717, 1.165) is 38.5 Å². The van der Waals surface area contributed by atoms with E-state index >= 15 is 0 Å². The Morgan fingerprint density at radius 3 is 2.51 bits per heavy atom. The second-order valence-electron chi connectivity index (χ2n) is 9.66. The number of piperazine rings is 1. The number of fused-ring (bicyclic) bond motifs is 1. The van der Waals surface area contributed by atoms with Gasteiger partial charge >= 0.3 is 0 Å². The molecule has 0 saturated carbocycles. The Balaban J connectivity index is 1.07. The molecule has 1 aliphatic rings. The molecule has 0 bridgehead atoms. The van der Waals surface area contributed by atoms with Crippen LogP contribution in [0.2, 0.25) is 0 Å². The second-order valence-corrected chi connectivity index (χ2v) is 9.66. The van der Waals surface area contributed by atoms with Crippen molar-refractivity contribution in [3.8, 4) is 5.75 Å². The molecule has 4 aromatic rings. The predicted molar refractivity (Wildman–Crippen MR) is 148 cm³/mol. The average molecular weight is 495 g/mol. The fraction of sp³-hybridized carbons (Fsp3) is 0.290. The summed E-state index contributed by atoms with van der Waals surface area (Å²) in [6, 6.07) is 28.9. The van der Waals surface area contributed by atoms with E-state index in [1.165, 1.54) is 21.9 Å². The molecule has 190 valence electrons. The second kappa shape index (κ2) is 12.0. The van der Waals surface area contributed by atoms with Gasteiger partial charge in [-0.25, -0.2) is 0 Å². The van der Waals surface area contributed by atoms with Crippen LogP contribution in [0.15, 0.2) is 91.1 Å². The number of ether oxygens (including phenoxy) is 1. The van der Waals surface area contributed by atoms with E-state index in [9.17, 15) is 4.79 Å². The number of benzene rings is 3. The Bertz CT molecular complexity index is 1310. The molecule has 1 fully saturated rings. The molecule has 0 unspecified atom stereocenters. The number of hydrogen-bond acceptors (Lipinski definition) is 5. The third-order valence-corrected chi connectivity index (χ3v) is 6.89. The Hall–Kier alpha value is -3.74. The highest BCUT2D eigenvalue weighted by atomic mass is 16.5. The lowest BCUT2D eigenvalue weighted by molar-refractivity contribution is 0.0614. The first-order chi connectivity index (χ1) is 18.2. The Labute approximate surface area is 219 Å². The van der Waals surface area contributed by atoms with Crippen LogP contribution >= 0.6 is 0 Å². The highest BCUT2D eigenvalue weighted by Gasteiger charge is 2.22. The molecule has 6 heteroatoms. The van der Waals surface area contributed by atoms with Gasteiger partial charge in [-0.05, 0) is 53.2 Å². The highest BCUT2D eigenvalue weighted by molar-refractivity contribution is 5.92. The van der Waals surface area contributed by atoms with Gasteiger partial charge in [-0.1, -0.05) is 60.7 Å². The van der Waals surface area contributed by atoms with Gasteiger partial charge in [0.2, 0.25) is 0 Å². The Morgan fingerprint density at radius 1 is 0.892 bits per heavy atom. The summed E-state index contributed by atoms with van der Waals surface area (Å²) in [5.41, 5.74) is 3.10. The van der Waals surface area contributed by atoms with E-state index < -0.39 is 0 Å². The van der Waals surface area contributed by atoms with Crippen molar-refractivity contribution in [2.45, 2.75) is 13.1 Å². The number of rotatable bonds is 9. The minimum Gasteiger partial charge on any atom is -0.492 e. The Morgan fingerprint density at radius 2 is 1.68 bits per heavy atom. The molecule has 1 amide bonds. The summed E-state index contributed by atoms with van der Waals surface area (Å²) < 4.78 is 6.10. The number of aromatic nitrogens is 1. The number of amides is 1. The zero-order chi connectivity index (χ0) is 25.5.